The van der Waals surface area contributed by atoms with Crippen molar-refractivity contribution in [2.24, 2.45) is 21.1 Å². The number of hydrogen-bond donors (Lipinski definition) is 8. The first-order valence-electron chi connectivity index (χ1n) is 10.9. The average molecular weight is 695 g/mol. The summed E-state index contributed by atoms with van der Waals surface area (Å²) in [5.74, 6) is -2.43. The Kier molecular flexibility index (Phi) is 10.4. The molecule has 0 aliphatic carbocycles. The molecule has 0 fully saturated rings. The maximum Gasteiger partial charge on any atom is 0.314 e. The molecule has 0 heterocycles. The molecule has 0 aliphatic rings. The zero-order chi connectivity index (χ0) is 34.7. The van der Waals surface area contributed by atoms with Gasteiger partial charge >= 0.3 is 11.4 Å². The molecule has 9 N–H and O–H groups in total. The molecule has 2 rings (SSSR count). The largest absolute Gasteiger partial charge is 0.501 e. The van der Waals surface area contributed by atoms with Gasteiger partial charge in [-0.2, -0.15) is 40.6 Å². The number of rotatable bonds is 13. The van der Waals surface area contributed by atoms with Gasteiger partial charge in [-0.3, -0.25) is 39.3 Å². The molecular formula is C19H18N8O15S3. The highest BCUT2D eigenvalue weighted by Crippen LogP contribution is 2.39. The molecule has 0 atom stereocenters. The predicted molar refractivity (Wildman–Crippen MR) is 150 cm³/mol. The van der Waals surface area contributed by atoms with Gasteiger partial charge in [0.05, 0.1) is 21.3 Å². The third-order valence-electron chi connectivity index (χ3n) is 4.97. The highest BCUT2D eigenvalue weighted by molar-refractivity contribution is 7.91. The minimum atomic E-state index is -5.35. The standard InChI is InChI=1S/C19H18N8O15S3/c1-8(20)12(24-25-14-3-10(44(37,38)39)5-16(19(14)29)27(32)33)6-17(45(40,41)42)11(21)7-22-23-13-2-9(43(34,35)36)4-15(18(13)28)26(30)31/h2-6,21,25,28-29H,1,7,20H2,(H,34,35,36)(H,37,38,39)(H,40,41,42). The van der Waals surface area contributed by atoms with E-state index in [1.807, 2.05) is 5.43 Å². The van der Waals surface area contributed by atoms with Crippen LogP contribution >= 0.6 is 0 Å². The van der Waals surface area contributed by atoms with E-state index in [0.29, 0.717) is 30.3 Å². The summed E-state index contributed by atoms with van der Waals surface area (Å²) in [6.07, 6.45) is 0.391. The summed E-state index contributed by atoms with van der Waals surface area (Å²) in [6.45, 7) is 2.16. The second kappa shape index (κ2) is 13.1. The molecule has 0 aliphatic heterocycles. The number of azo groups is 1. The van der Waals surface area contributed by atoms with Crippen LogP contribution in [0.5, 0.6) is 11.5 Å². The fourth-order valence-electron chi connectivity index (χ4n) is 2.93. The summed E-state index contributed by atoms with van der Waals surface area (Å²) < 4.78 is 97.8. The van der Waals surface area contributed by atoms with Crippen molar-refractivity contribution in [1.29, 1.82) is 5.41 Å². The Morgan fingerprint density at radius 3 is 1.87 bits per heavy atom. The van der Waals surface area contributed by atoms with Crippen LogP contribution in [0.15, 0.2) is 72.6 Å². The quantitative estimate of drug-likeness (QED) is 0.0364. The molecule has 242 valence electrons. The van der Waals surface area contributed by atoms with E-state index >= 15 is 0 Å². The van der Waals surface area contributed by atoms with Crippen LogP contribution in [0, 0.1) is 25.6 Å². The molecule has 2 aromatic rings. The van der Waals surface area contributed by atoms with E-state index in [0.717, 1.165) is 0 Å². The topological polar surface area (TPSA) is 389 Å². The van der Waals surface area contributed by atoms with Crippen LogP contribution in [0.25, 0.3) is 0 Å². The third-order valence-corrected chi connectivity index (χ3v) is 7.55. The molecule has 2 aromatic carbocycles. The summed E-state index contributed by atoms with van der Waals surface area (Å²) in [4.78, 5) is 16.4. The molecule has 0 saturated heterocycles. The Morgan fingerprint density at radius 1 is 0.933 bits per heavy atom. The number of nitrogens with two attached hydrogens (primary N) is 1. The van der Waals surface area contributed by atoms with Gasteiger partial charge in [0.2, 0.25) is 11.5 Å². The lowest BCUT2D eigenvalue weighted by Gasteiger charge is -2.09. The number of phenolic OH excluding ortho intramolecular Hbond substituents is 2. The zero-order valence-corrected chi connectivity index (χ0v) is 24.1. The minimum absolute atomic E-state index is 0.302. The van der Waals surface area contributed by atoms with Gasteiger partial charge in [-0.05, 0) is 18.2 Å². The molecular weight excluding hydrogens is 676 g/mol. The van der Waals surface area contributed by atoms with Crippen LogP contribution in [0.4, 0.5) is 22.7 Å². The number of nitro benzene ring substituents is 2. The number of benzene rings is 2. The van der Waals surface area contributed by atoms with Gasteiger partial charge < -0.3 is 21.4 Å². The van der Waals surface area contributed by atoms with Gasteiger partial charge in [-0.15, -0.1) is 0 Å². The second-order valence-corrected chi connectivity index (χ2v) is 12.3. The number of phenols is 2. The van der Waals surface area contributed by atoms with E-state index in [1.54, 1.807) is 0 Å². The monoisotopic (exact) mass is 694 g/mol. The summed E-state index contributed by atoms with van der Waals surface area (Å²) in [5, 5.41) is 60.5. The maximum absolute atomic E-state index is 12.0. The predicted octanol–water partition coefficient (Wildman–Crippen LogP) is 1.22. The smallest absolute Gasteiger partial charge is 0.314 e. The number of nitro groups is 2. The lowest BCUT2D eigenvalue weighted by molar-refractivity contribution is -0.386. The van der Waals surface area contributed by atoms with Crippen molar-refractivity contribution in [2.75, 3.05) is 12.0 Å². The van der Waals surface area contributed by atoms with Crippen molar-refractivity contribution in [2.45, 2.75) is 9.79 Å². The number of aromatic hydroxyl groups is 2. The molecule has 0 spiro atoms. The number of anilines is 1. The summed E-state index contributed by atoms with van der Waals surface area (Å²) >= 11 is 0. The SMILES string of the molecule is C=C(N)C(C=C(C(=N)CN=Nc1cc(S(=O)(=O)O)cc([N+](=O)[O-])c1O)S(=O)(=O)O)=NNc1cc(S(=O)(=O)O)cc([N+](=O)[O-])c1O. The van der Waals surface area contributed by atoms with Crippen molar-refractivity contribution >= 4 is 64.5 Å². The first kappa shape index (κ1) is 35.8. The number of hydrogen-bond acceptors (Lipinski definition) is 18. The maximum atomic E-state index is 12.0. The van der Waals surface area contributed by atoms with Crippen LogP contribution < -0.4 is 11.2 Å². The summed E-state index contributed by atoms with van der Waals surface area (Å²) in [5.41, 5.74) is 0.811. The Hall–Kier alpha value is -5.41. The van der Waals surface area contributed by atoms with Crippen LogP contribution in [0.3, 0.4) is 0 Å². The number of nitrogens with one attached hydrogen (secondary N) is 2. The van der Waals surface area contributed by atoms with Crippen LogP contribution in [-0.2, 0) is 30.4 Å². The van der Waals surface area contributed by atoms with Gasteiger partial charge in [0.1, 0.15) is 38.3 Å². The van der Waals surface area contributed by atoms with Crippen molar-refractivity contribution in [3.63, 3.8) is 0 Å². The Labute approximate surface area is 250 Å². The van der Waals surface area contributed by atoms with Gasteiger partial charge in [0.25, 0.3) is 30.4 Å². The van der Waals surface area contributed by atoms with E-state index < -0.39 is 113 Å². The Bertz CT molecular complexity index is 2060. The molecule has 0 saturated carbocycles. The Balaban J connectivity index is 2.56. The molecule has 0 amide bonds. The zero-order valence-electron chi connectivity index (χ0n) is 21.7. The second-order valence-electron chi connectivity index (χ2n) is 8.11. The summed E-state index contributed by atoms with van der Waals surface area (Å²) in [6, 6.07) is 1.56. The normalized spacial score (nSPS) is 13.0. The van der Waals surface area contributed by atoms with Gasteiger partial charge in [0.15, 0.2) is 0 Å². The lowest BCUT2D eigenvalue weighted by Crippen LogP contribution is -2.18. The highest BCUT2D eigenvalue weighted by Gasteiger charge is 2.26. The fraction of sp³-hybridized carbons (Fsp3) is 0.0526. The van der Waals surface area contributed by atoms with E-state index in [1.165, 1.54) is 0 Å². The lowest BCUT2D eigenvalue weighted by atomic mass is 10.2. The number of hydrazone groups is 1. The fourth-order valence-corrected chi connectivity index (χ4v) is 4.61. The Morgan fingerprint density at radius 2 is 1.42 bits per heavy atom. The minimum Gasteiger partial charge on any atom is -0.501 e. The van der Waals surface area contributed by atoms with E-state index in [4.69, 9.17) is 11.1 Å². The van der Waals surface area contributed by atoms with E-state index in [9.17, 15) is 69.4 Å². The highest BCUT2D eigenvalue weighted by atomic mass is 32.2. The van der Waals surface area contributed by atoms with Crippen molar-refractivity contribution in [3.8, 4) is 11.5 Å². The van der Waals surface area contributed by atoms with E-state index in [2.05, 4.69) is 21.9 Å². The van der Waals surface area contributed by atoms with E-state index in [-0.39, 0.29) is 0 Å². The first-order valence-corrected chi connectivity index (χ1v) is 15.2. The molecule has 0 bridgehead atoms. The molecule has 26 heteroatoms. The van der Waals surface area contributed by atoms with Crippen LogP contribution in [0.2, 0.25) is 0 Å². The van der Waals surface area contributed by atoms with Gasteiger partial charge in [-0.25, -0.2) is 0 Å². The van der Waals surface area contributed by atoms with Crippen molar-refractivity contribution < 1.29 is 59.0 Å². The number of allylic oxidation sites excluding steroid dienone is 1. The third kappa shape index (κ3) is 9.04. The van der Waals surface area contributed by atoms with Crippen molar-refractivity contribution in [3.05, 3.63) is 67.8 Å². The molecule has 0 unspecified atom stereocenters. The number of nitrogens with zero attached hydrogens (tertiary/aromatic N) is 5. The van der Waals surface area contributed by atoms with Gasteiger partial charge in [0, 0.05) is 12.1 Å². The molecule has 23 nitrogen and oxygen atoms in total. The molecule has 0 radical (unpaired) electrons. The average Bonchev–Trinajstić information content (AvgIpc) is 2.87. The van der Waals surface area contributed by atoms with Crippen LogP contribution in [0.1, 0.15) is 0 Å². The molecule has 45 heavy (non-hydrogen) atoms. The molecule has 0 aromatic heterocycles. The van der Waals surface area contributed by atoms with Crippen LogP contribution in [-0.4, -0.2) is 76.9 Å². The summed E-state index contributed by atoms with van der Waals surface area (Å²) in [7, 11) is -15.5. The van der Waals surface area contributed by atoms with Crippen molar-refractivity contribution in [1.82, 2.24) is 0 Å². The first-order chi connectivity index (χ1) is 20.4. The van der Waals surface area contributed by atoms with Gasteiger partial charge in [-0.1, -0.05) is 6.58 Å².